The number of aromatic amines is 1. The van der Waals surface area contributed by atoms with Gasteiger partial charge in [0.1, 0.15) is 28.9 Å². The largest absolute Gasteiger partial charge is 1.00 e. The Morgan fingerprint density at radius 1 is 1.18 bits per heavy atom. The molecule has 2 aromatic heterocycles. The molecule has 1 saturated heterocycles. The summed E-state index contributed by atoms with van der Waals surface area (Å²) in [5.74, 6) is -0.834. The maximum atomic E-state index is 13.8. The van der Waals surface area contributed by atoms with E-state index in [0.717, 1.165) is 11.2 Å². The molecule has 204 valence electrons. The molecule has 0 bridgehead atoms. The first-order valence-corrected chi connectivity index (χ1v) is 12.7. The van der Waals surface area contributed by atoms with E-state index >= 15 is 0 Å². The standard InChI is InChI=1S/C26H31ClN6O5.Li.H/c1-25(2,3)38-24(37)32-26(23(36)31-19(14-20(34)35)16-4-6-17(27)7-5-16)9-12-33(13-10-26)22-18-8-11-28-21(18)29-15-30-22;;/h4-8,11,15,19H,9-10,12-14H2,1-3H3,(H,31,36)(H,32,37)(H,34,35)(H,28,29,30);;/q;+1;-1. The Morgan fingerprint density at radius 3 is 2.46 bits per heavy atom. The van der Waals surface area contributed by atoms with Gasteiger partial charge in [-0.2, -0.15) is 0 Å². The molecule has 13 heteroatoms. The van der Waals surface area contributed by atoms with Crippen molar-refractivity contribution in [3.63, 3.8) is 0 Å². The van der Waals surface area contributed by atoms with Crippen LogP contribution in [0.3, 0.4) is 0 Å². The van der Waals surface area contributed by atoms with Crippen molar-refractivity contribution in [1.82, 2.24) is 25.6 Å². The Kier molecular flexibility index (Phi) is 9.54. The molecule has 1 unspecified atom stereocenters. The molecule has 4 N–H and O–H groups in total. The van der Waals surface area contributed by atoms with Gasteiger partial charge in [-0.25, -0.2) is 14.8 Å². The summed E-state index contributed by atoms with van der Waals surface area (Å²) < 4.78 is 5.46. The Labute approximate surface area is 244 Å². The second-order valence-electron chi connectivity index (χ2n) is 10.3. The van der Waals surface area contributed by atoms with E-state index in [-0.39, 0.29) is 39.5 Å². The topological polar surface area (TPSA) is 150 Å². The van der Waals surface area contributed by atoms with Crippen LogP contribution in [-0.4, -0.2) is 62.3 Å². The third-order valence-electron chi connectivity index (χ3n) is 6.38. The molecule has 3 heterocycles. The van der Waals surface area contributed by atoms with Gasteiger partial charge in [0.2, 0.25) is 5.91 Å². The molecule has 0 aliphatic carbocycles. The fourth-order valence-corrected chi connectivity index (χ4v) is 4.66. The second kappa shape index (κ2) is 12.3. The summed E-state index contributed by atoms with van der Waals surface area (Å²) in [5.41, 5.74) is -0.799. The molecule has 1 atom stereocenters. The predicted octanol–water partition coefficient (Wildman–Crippen LogP) is 0.924. The average molecular weight is 551 g/mol. The summed E-state index contributed by atoms with van der Waals surface area (Å²) >= 11 is 5.99. The Balaban J connectivity index is 0.00000280. The number of hydrogen-bond acceptors (Lipinski definition) is 7. The zero-order valence-electron chi connectivity index (χ0n) is 23.5. The molecule has 4 rings (SSSR count). The number of halogens is 1. The summed E-state index contributed by atoms with van der Waals surface area (Å²) in [6.07, 6.45) is 2.69. The van der Waals surface area contributed by atoms with Crippen molar-refractivity contribution in [2.75, 3.05) is 18.0 Å². The van der Waals surface area contributed by atoms with Crippen LogP contribution in [0.2, 0.25) is 5.02 Å². The smallest absolute Gasteiger partial charge is 1.00 e. The molecule has 1 aliphatic heterocycles. The van der Waals surface area contributed by atoms with Crippen LogP contribution in [0.4, 0.5) is 10.6 Å². The second-order valence-corrected chi connectivity index (χ2v) is 10.7. The number of nitrogens with zero attached hydrogens (tertiary/aromatic N) is 3. The number of alkyl carbamates (subject to hydrolysis) is 1. The number of fused-ring (bicyclic) bond motifs is 1. The van der Waals surface area contributed by atoms with Gasteiger partial charge in [-0.3, -0.25) is 9.59 Å². The number of anilines is 1. The van der Waals surface area contributed by atoms with E-state index in [1.807, 2.05) is 11.0 Å². The van der Waals surface area contributed by atoms with Gasteiger partial charge in [0, 0.05) is 24.3 Å². The monoisotopic (exact) mass is 550 g/mol. The molecule has 1 fully saturated rings. The number of ether oxygens (including phenoxy) is 1. The Hall–Kier alpha value is -3.26. The molecule has 1 aliphatic rings. The number of carboxylic acids is 1. The Bertz CT molecular complexity index is 1330. The van der Waals surface area contributed by atoms with Crippen molar-refractivity contribution >= 4 is 46.4 Å². The number of aromatic nitrogens is 3. The van der Waals surface area contributed by atoms with Gasteiger partial charge in [0.15, 0.2) is 0 Å². The fourth-order valence-electron chi connectivity index (χ4n) is 4.54. The number of aliphatic carboxylic acids is 1. The molecular formula is C26H32ClLiN6O5. The van der Waals surface area contributed by atoms with Gasteiger partial charge in [-0.05, 0) is 57.4 Å². The van der Waals surface area contributed by atoms with Crippen molar-refractivity contribution in [2.24, 2.45) is 0 Å². The fraction of sp³-hybridized carbons (Fsp3) is 0.423. The number of rotatable bonds is 7. The number of carbonyl (C=O) groups excluding carboxylic acids is 2. The SMILES string of the molecule is CC(C)(C)OC(=O)NC1(C(=O)NC(CC(=O)O)c2ccc(Cl)cc2)CCN(c2ncnc3[nH]ccc23)CC1.[H-].[Li+]. The van der Waals surface area contributed by atoms with E-state index in [1.165, 1.54) is 6.33 Å². The van der Waals surface area contributed by atoms with E-state index in [4.69, 9.17) is 16.3 Å². The maximum Gasteiger partial charge on any atom is 1.00 e. The molecule has 39 heavy (non-hydrogen) atoms. The van der Waals surface area contributed by atoms with Crippen LogP contribution in [0, 0.1) is 0 Å². The molecule has 1 aromatic carbocycles. The number of amides is 2. The summed E-state index contributed by atoms with van der Waals surface area (Å²) in [4.78, 5) is 52.0. The zero-order valence-corrected chi connectivity index (χ0v) is 23.2. The van der Waals surface area contributed by atoms with Crippen LogP contribution in [0.15, 0.2) is 42.9 Å². The quantitative estimate of drug-likeness (QED) is 0.317. The van der Waals surface area contributed by atoms with Crippen LogP contribution in [-0.2, 0) is 14.3 Å². The van der Waals surface area contributed by atoms with Gasteiger partial charge >= 0.3 is 30.9 Å². The van der Waals surface area contributed by atoms with E-state index < -0.39 is 35.2 Å². The first-order valence-electron chi connectivity index (χ1n) is 12.3. The van der Waals surface area contributed by atoms with Gasteiger partial charge in [-0.1, -0.05) is 23.7 Å². The number of carbonyl (C=O) groups is 3. The summed E-state index contributed by atoms with van der Waals surface area (Å²) in [5, 5.41) is 16.5. The molecule has 3 aromatic rings. The molecular weight excluding hydrogens is 519 g/mol. The molecule has 0 radical (unpaired) electrons. The van der Waals surface area contributed by atoms with Crippen LogP contribution >= 0.6 is 11.6 Å². The van der Waals surface area contributed by atoms with Crippen molar-refractivity contribution in [3.8, 4) is 0 Å². The average Bonchev–Trinajstić information content (AvgIpc) is 3.32. The number of nitrogens with one attached hydrogen (secondary N) is 3. The van der Waals surface area contributed by atoms with E-state index in [0.29, 0.717) is 29.3 Å². The van der Waals surface area contributed by atoms with Gasteiger partial charge in [0.05, 0.1) is 17.8 Å². The minimum atomic E-state index is -1.33. The third kappa shape index (κ3) is 7.44. The van der Waals surface area contributed by atoms with Crippen LogP contribution in [0.1, 0.15) is 53.1 Å². The predicted molar refractivity (Wildman–Crippen MR) is 143 cm³/mol. The maximum absolute atomic E-state index is 13.8. The first kappa shape index (κ1) is 30.3. The van der Waals surface area contributed by atoms with E-state index in [2.05, 4.69) is 25.6 Å². The molecule has 2 amide bonds. The van der Waals surface area contributed by atoms with Crippen LogP contribution < -0.4 is 34.4 Å². The summed E-state index contributed by atoms with van der Waals surface area (Å²) in [6.45, 7) is 6.03. The minimum absolute atomic E-state index is 0. The van der Waals surface area contributed by atoms with E-state index in [9.17, 15) is 19.5 Å². The van der Waals surface area contributed by atoms with Crippen molar-refractivity contribution in [1.29, 1.82) is 0 Å². The number of benzene rings is 1. The minimum Gasteiger partial charge on any atom is -1.00 e. The number of piperidine rings is 1. The number of H-pyrrole nitrogens is 1. The summed E-state index contributed by atoms with van der Waals surface area (Å²) in [7, 11) is 0. The molecule has 0 spiro atoms. The number of carboxylic acid groups (broad SMARTS) is 1. The first-order chi connectivity index (χ1) is 18.0. The van der Waals surface area contributed by atoms with Gasteiger partial charge in [0.25, 0.3) is 0 Å². The van der Waals surface area contributed by atoms with Crippen molar-refractivity contribution in [3.05, 3.63) is 53.4 Å². The third-order valence-corrected chi connectivity index (χ3v) is 6.63. The van der Waals surface area contributed by atoms with Crippen LogP contribution in [0.5, 0.6) is 0 Å². The van der Waals surface area contributed by atoms with Crippen molar-refractivity contribution < 1.29 is 44.5 Å². The van der Waals surface area contributed by atoms with E-state index in [1.54, 1.807) is 51.2 Å². The normalized spacial score (nSPS) is 15.6. The molecule has 0 saturated carbocycles. The van der Waals surface area contributed by atoms with Gasteiger partial charge < -0.3 is 31.8 Å². The number of hydrogen-bond donors (Lipinski definition) is 4. The summed E-state index contributed by atoms with van der Waals surface area (Å²) in [6, 6.07) is 7.67. The van der Waals surface area contributed by atoms with Crippen LogP contribution in [0.25, 0.3) is 11.0 Å². The zero-order chi connectivity index (χ0) is 27.5. The van der Waals surface area contributed by atoms with Crippen molar-refractivity contribution in [2.45, 2.75) is 57.2 Å². The Morgan fingerprint density at radius 2 is 1.85 bits per heavy atom. The molecule has 11 nitrogen and oxygen atoms in total. The van der Waals surface area contributed by atoms with Gasteiger partial charge in [-0.15, -0.1) is 0 Å².